The SMILES string of the molecule is CNS(=O)(=O)c1ccccc1Sc1ccnc(C(=O)O)c1. The van der Waals surface area contributed by atoms with E-state index in [0.29, 0.717) is 9.79 Å². The van der Waals surface area contributed by atoms with E-state index >= 15 is 0 Å². The number of carbonyl (C=O) groups is 1. The molecule has 8 heteroatoms. The highest BCUT2D eigenvalue weighted by Crippen LogP contribution is 2.32. The fourth-order valence-corrected chi connectivity index (χ4v) is 3.72. The van der Waals surface area contributed by atoms with Crippen LogP contribution >= 0.6 is 11.8 Å². The van der Waals surface area contributed by atoms with Gasteiger partial charge in [-0.05, 0) is 31.3 Å². The van der Waals surface area contributed by atoms with Crippen molar-refractivity contribution in [2.75, 3.05) is 7.05 Å². The van der Waals surface area contributed by atoms with Crippen molar-refractivity contribution in [3.8, 4) is 0 Å². The third-order valence-corrected chi connectivity index (χ3v) is 5.25. The highest BCUT2D eigenvalue weighted by molar-refractivity contribution is 8.00. The molecule has 0 saturated heterocycles. The van der Waals surface area contributed by atoms with E-state index in [-0.39, 0.29) is 10.6 Å². The molecule has 2 N–H and O–H groups in total. The van der Waals surface area contributed by atoms with Crippen LogP contribution in [0.2, 0.25) is 0 Å². The number of benzene rings is 1. The van der Waals surface area contributed by atoms with Crippen molar-refractivity contribution in [1.29, 1.82) is 0 Å². The van der Waals surface area contributed by atoms with Crippen LogP contribution in [0, 0.1) is 0 Å². The molecular formula is C13H12N2O4S2. The number of aromatic nitrogens is 1. The number of carboxylic acids is 1. The number of nitrogens with one attached hydrogen (secondary N) is 1. The predicted molar refractivity (Wildman–Crippen MR) is 78.0 cm³/mol. The van der Waals surface area contributed by atoms with Crippen molar-refractivity contribution in [1.82, 2.24) is 9.71 Å². The number of hydrogen-bond donors (Lipinski definition) is 2. The summed E-state index contributed by atoms with van der Waals surface area (Å²) in [7, 11) is -2.24. The van der Waals surface area contributed by atoms with Crippen molar-refractivity contribution in [3.05, 3.63) is 48.3 Å². The zero-order valence-corrected chi connectivity index (χ0v) is 12.6. The molecule has 0 bridgehead atoms. The van der Waals surface area contributed by atoms with E-state index in [0.717, 1.165) is 0 Å². The quantitative estimate of drug-likeness (QED) is 0.871. The zero-order valence-electron chi connectivity index (χ0n) is 11.0. The molecule has 0 aliphatic heterocycles. The largest absolute Gasteiger partial charge is 0.477 e. The summed E-state index contributed by atoms with van der Waals surface area (Å²) in [6.45, 7) is 0. The van der Waals surface area contributed by atoms with E-state index in [1.165, 1.54) is 37.1 Å². The molecular weight excluding hydrogens is 312 g/mol. The molecule has 0 saturated carbocycles. The van der Waals surface area contributed by atoms with Gasteiger partial charge in [0.2, 0.25) is 10.0 Å². The first-order valence-corrected chi connectivity index (χ1v) is 8.14. The fraction of sp³-hybridized carbons (Fsp3) is 0.0769. The highest BCUT2D eigenvalue weighted by Gasteiger charge is 2.17. The second-order valence-corrected chi connectivity index (χ2v) is 6.91. The van der Waals surface area contributed by atoms with Gasteiger partial charge in [-0.2, -0.15) is 0 Å². The van der Waals surface area contributed by atoms with Gasteiger partial charge in [0, 0.05) is 16.0 Å². The zero-order chi connectivity index (χ0) is 15.5. The normalized spacial score (nSPS) is 11.3. The Balaban J connectivity index is 2.41. The molecule has 0 atom stereocenters. The summed E-state index contributed by atoms with van der Waals surface area (Å²) in [6, 6.07) is 9.53. The number of pyridine rings is 1. The number of rotatable bonds is 5. The Hall–Kier alpha value is -1.90. The fourth-order valence-electron chi connectivity index (χ4n) is 1.59. The summed E-state index contributed by atoms with van der Waals surface area (Å²) in [6.07, 6.45) is 1.38. The van der Waals surface area contributed by atoms with Gasteiger partial charge in [-0.3, -0.25) is 0 Å². The Bertz CT molecular complexity index is 775. The van der Waals surface area contributed by atoms with Crippen molar-refractivity contribution < 1.29 is 18.3 Å². The van der Waals surface area contributed by atoms with Crippen molar-refractivity contribution in [3.63, 3.8) is 0 Å². The van der Waals surface area contributed by atoms with Crippen molar-refractivity contribution >= 4 is 27.8 Å². The van der Waals surface area contributed by atoms with Crippen LogP contribution in [0.3, 0.4) is 0 Å². The number of aromatic carboxylic acids is 1. The molecule has 0 aliphatic rings. The standard InChI is InChI=1S/C13H12N2O4S2/c1-14-21(18,19)12-5-3-2-4-11(12)20-9-6-7-15-10(8-9)13(16)17/h2-8,14H,1H3,(H,16,17). The van der Waals surface area contributed by atoms with Gasteiger partial charge in [-0.1, -0.05) is 23.9 Å². The summed E-state index contributed by atoms with van der Waals surface area (Å²) in [5, 5.41) is 8.92. The van der Waals surface area contributed by atoms with E-state index in [1.807, 2.05) is 0 Å². The van der Waals surface area contributed by atoms with Crippen LogP contribution in [0.1, 0.15) is 10.5 Å². The Morgan fingerprint density at radius 1 is 1.29 bits per heavy atom. The van der Waals surface area contributed by atoms with Gasteiger partial charge < -0.3 is 5.11 Å². The first-order valence-electron chi connectivity index (χ1n) is 5.84. The summed E-state index contributed by atoms with van der Waals surface area (Å²) >= 11 is 1.17. The maximum Gasteiger partial charge on any atom is 0.354 e. The van der Waals surface area contributed by atoms with Gasteiger partial charge in [0.05, 0.1) is 4.90 Å². The van der Waals surface area contributed by atoms with E-state index in [2.05, 4.69) is 9.71 Å². The average molecular weight is 324 g/mol. The van der Waals surface area contributed by atoms with Crippen LogP contribution in [0.4, 0.5) is 0 Å². The summed E-state index contributed by atoms with van der Waals surface area (Å²) < 4.78 is 26.2. The Kier molecular flexibility index (Phi) is 4.61. The Labute approximate surface area is 126 Å². The van der Waals surface area contributed by atoms with Crippen LogP contribution in [-0.4, -0.2) is 31.5 Å². The van der Waals surface area contributed by atoms with Gasteiger partial charge in [0.15, 0.2) is 0 Å². The minimum Gasteiger partial charge on any atom is -0.477 e. The molecule has 0 radical (unpaired) electrons. The molecule has 2 aromatic rings. The monoisotopic (exact) mass is 324 g/mol. The third-order valence-electron chi connectivity index (χ3n) is 2.59. The lowest BCUT2D eigenvalue weighted by molar-refractivity contribution is 0.0690. The van der Waals surface area contributed by atoms with Gasteiger partial charge in [0.1, 0.15) is 5.69 Å². The van der Waals surface area contributed by atoms with E-state index < -0.39 is 16.0 Å². The molecule has 0 spiro atoms. The maximum atomic E-state index is 12.0. The molecule has 1 aromatic carbocycles. The number of sulfonamides is 1. The number of carboxylic acid groups (broad SMARTS) is 1. The molecule has 2 rings (SSSR count). The summed E-state index contributed by atoms with van der Waals surface area (Å²) in [4.78, 5) is 15.9. The molecule has 1 heterocycles. The topological polar surface area (TPSA) is 96.4 Å². The number of nitrogens with zero attached hydrogens (tertiary/aromatic N) is 1. The molecule has 6 nitrogen and oxygen atoms in total. The van der Waals surface area contributed by atoms with Gasteiger partial charge in [-0.25, -0.2) is 22.9 Å². The highest BCUT2D eigenvalue weighted by atomic mass is 32.2. The van der Waals surface area contributed by atoms with Gasteiger partial charge >= 0.3 is 5.97 Å². The molecule has 0 fully saturated rings. The predicted octanol–water partition coefficient (Wildman–Crippen LogP) is 1.84. The van der Waals surface area contributed by atoms with Crippen LogP contribution in [0.15, 0.2) is 57.3 Å². The molecule has 1 aromatic heterocycles. The van der Waals surface area contributed by atoms with Gasteiger partial charge in [-0.15, -0.1) is 0 Å². The van der Waals surface area contributed by atoms with Crippen LogP contribution in [0.25, 0.3) is 0 Å². The first-order chi connectivity index (χ1) is 9.94. The molecule has 0 amide bonds. The molecule has 110 valence electrons. The minimum absolute atomic E-state index is 0.0889. The van der Waals surface area contributed by atoms with Crippen LogP contribution in [0.5, 0.6) is 0 Å². The van der Waals surface area contributed by atoms with E-state index in [4.69, 9.17) is 5.11 Å². The average Bonchev–Trinajstić information content (AvgIpc) is 2.48. The summed E-state index contributed by atoms with van der Waals surface area (Å²) in [5.41, 5.74) is -0.0889. The molecule has 0 unspecified atom stereocenters. The van der Waals surface area contributed by atoms with Crippen LogP contribution < -0.4 is 4.72 Å². The van der Waals surface area contributed by atoms with Crippen molar-refractivity contribution in [2.24, 2.45) is 0 Å². The summed E-state index contributed by atoms with van der Waals surface area (Å²) in [5.74, 6) is -1.13. The van der Waals surface area contributed by atoms with E-state index in [1.54, 1.807) is 24.3 Å². The molecule has 21 heavy (non-hydrogen) atoms. The van der Waals surface area contributed by atoms with E-state index in [9.17, 15) is 13.2 Å². The Morgan fingerprint density at radius 3 is 2.67 bits per heavy atom. The lowest BCUT2D eigenvalue weighted by Gasteiger charge is -2.09. The molecule has 0 aliphatic carbocycles. The maximum absolute atomic E-state index is 12.0. The second kappa shape index (κ2) is 6.25. The second-order valence-electron chi connectivity index (χ2n) is 3.94. The van der Waals surface area contributed by atoms with Gasteiger partial charge in [0.25, 0.3) is 0 Å². The lowest BCUT2D eigenvalue weighted by Crippen LogP contribution is -2.19. The number of hydrogen-bond acceptors (Lipinski definition) is 5. The third kappa shape index (κ3) is 3.60. The Morgan fingerprint density at radius 2 is 2.00 bits per heavy atom. The lowest BCUT2D eigenvalue weighted by atomic mass is 10.3. The first kappa shape index (κ1) is 15.5. The van der Waals surface area contributed by atoms with Crippen LogP contribution in [-0.2, 0) is 10.0 Å². The van der Waals surface area contributed by atoms with Crippen molar-refractivity contribution in [2.45, 2.75) is 14.7 Å². The smallest absolute Gasteiger partial charge is 0.354 e. The minimum atomic E-state index is -3.58.